The monoisotopic (exact) mass is 234 g/mol. The Hall–Kier alpha value is -0.800. The summed E-state index contributed by atoms with van der Waals surface area (Å²) in [5, 5.41) is 3.61. The van der Waals surface area contributed by atoms with Crippen LogP contribution in [0.3, 0.4) is 0 Å². The maximum absolute atomic E-state index is 5.50. The van der Waals surface area contributed by atoms with Crippen LogP contribution in [0.2, 0.25) is 0 Å². The van der Waals surface area contributed by atoms with E-state index in [-0.39, 0.29) is 0 Å². The van der Waals surface area contributed by atoms with E-state index >= 15 is 0 Å². The smallest absolute Gasteiger partial charge is 0.0472 e. The van der Waals surface area contributed by atoms with E-state index in [1.807, 2.05) is 0 Å². The standard InChI is InChI=1S/C14H22N2O/c1-11(2)16-6-3-12(9-16)13-14(10-15-13)4-7-17-8-5-14/h3,6,9,11,13,15H,4-5,7-8,10H2,1-2H3/t13-/m1/s1. The molecule has 1 aromatic rings. The molecule has 3 heterocycles. The van der Waals surface area contributed by atoms with E-state index in [1.54, 1.807) is 0 Å². The molecular formula is C14H22N2O. The lowest BCUT2D eigenvalue weighted by Crippen LogP contribution is -2.58. The van der Waals surface area contributed by atoms with E-state index in [0.29, 0.717) is 17.5 Å². The van der Waals surface area contributed by atoms with Crippen molar-refractivity contribution in [3.05, 3.63) is 24.0 Å². The molecule has 1 spiro atoms. The second-order valence-electron chi connectivity index (χ2n) is 5.77. The van der Waals surface area contributed by atoms with E-state index in [0.717, 1.165) is 19.8 Å². The maximum Gasteiger partial charge on any atom is 0.0472 e. The third-order valence-electron chi connectivity index (χ3n) is 4.43. The lowest BCUT2D eigenvalue weighted by Gasteiger charge is -2.52. The summed E-state index contributed by atoms with van der Waals surface area (Å²) in [5.74, 6) is 0. The molecule has 0 aromatic carbocycles. The predicted molar refractivity (Wildman–Crippen MR) is 68.0 cm³/mol. The van der Waals surface area contributed by atoms with Crippen molar-refractivity contribution >= 4 is 0 Å². The van der Waals surface area contributed by atoms with Crippen LogP contribution in [0.1, 0.15) is 44.3 Å². The molecular weight excluding hydrogens is 212 g/mol. The Morgan fingerprint density at radius 3 is 2.71 bits per heavy atom. The molecule has 3 nitrogen and oxygen atoms in total. The number of nitrogens with zero attached hydrogens (tertiary/aromatic N) is 1. The molecule has 0 amide bonds. The fourth-order valence-electron chi connectivity index (χ4n) is 3.13. The molecule has 0 aliphatic carbocycles. The highest BCUT2D eigenvalue weighted by atomic mass is 16.5. The van der Waals surface area contributed by atoms with Gasteiger partial charge in [-0.15, -0.1) is 0 Å². The van der Waals surface area contributed by atoms with Crippen LogP contribution in [0.15, 0.2) is 18.5 Å². The molecule has 0 radical (unpaired) electrons. The van der Waals surface area contributed by atoms with Gasteiger partial charge in [0.05, 0.1) is 0 Å². The summed E-state index contributed by atoms with van der Waals surface area (Å²) in [4.78, 5) is 0. The van der Waals surface area contributed by atoms with Crippen LogP contribution in [-0.2, 0) is 4.74 Å². The Morgan fingerprint density at radius 1 is 1.41 bits per heavy atom. The molecule has 0 saturated carbocycles. The quantitative estimate of drug-likeness (QED) is 0.851. The van der Waals surface area contributed by atoms with Crippen molar-refractivity contribution in [2.45, 2.75) is 38.8 Å². The minimum atomic E-state index is 0.474. The highest BCUT2D eigenvalue weighted by Crippen LogP contribution is 2.48. The van der Waals surface area contributed by atoms with Gasteiger partial charge < -0.3 is 14.6 Å². The first-order valence-corrected chi connectivity index (χ1v) is 6.70. The van der Waals surface area contributed by atoms with Crippen LogP contribution in [0.25, 0.3) is 0 Å². The van der Waals surface area contributed by atoms with E-state index in [1.165, 1.54) is 18.4 Å². The van der Waals surface area contributed by atoms with E-state index < -0.39 is 0 Å². The highest BCUT2D eigenvalue weighted by Gasteiger charge is 2.48. The molecule has 17 heavy (non-hydrogen) atoms. The first kappa shape index (κ1) is 11.3. The van der Waals surface area contributed by atoms with Gasteiger partial charge in [-0.25, -0.2) is 0 Å². The Bertz CT molecular complexity index is 391. The van der Waals surface area contributed by atoms with Gasteiger partial charge in [-0.1, -0.05) is 0 Å². The molecule has 2 aliphatic heterocycles. The van der Waals surface area contributed by atoms with Crippen LogP contribution in [0.5, 0.6) is 0 Å². The van der Waals surface area contributed by atoms with Gasteiger partial charge in [-0.3, -0.25) is 0 Å². The first-order valence-electron chi connectivity index (χ1n) is 6.70. The van der Waals surface area contributed by atoms with Crippen molar-refractivity contribution in [1.82, 2.24) is 9.88 Å². The summed E-state index contributed by atoms with van der Waals surface area (Å²) in [7, 11) is 0. The zero-order valence-corrected chi connectivity index (χ0v) is 10.8. The number of hydrogen-bond donors (Lipinski definition) is 1. The molecule has 2 fully saturated rings. The minimum absolute atomic E-state index is 0.474. The van der Waals surface area contributed by atoms with E-state index in [2.05, 4.69) is 42.2 Å². The van der Waals surface area contributed by atoms with Crippen LogP contribution < -0.4 is 5.32 Å². The zero-order valence-electron chi connectivity index (χ0n) is 10.8. The Kier molecular flexibility index (Phi) is 2.75. The summed E-state index contributed by atoms with van der Waals surface area (Å²) in [5.41, 5.74) is 1.92. The molecule has 0 unspecified atom stereocenters. The maximum atomic E-state index is 5.50. The lowest BCUT2D eigenvalue weighted by molar-refractivity contribution is -0.0479. The second kappa shape index (κ2) is 4.14. The summed E-state index contributed by atoms with van der Waals surface area (Å²) in [6.45, 7) is 7.48. The van der Waals surface area contributed by atoms with Gasteiger partial charge in [0.15, 0.2) is 0 Å². The summed E-state index contributed by atoms with van der Waals surface area (Å²) < 4.78 is 7.79. The molecule has 1 aromatic heterocycles. The number of nitrogens with one attached hydrogen (secondary N) is 1. The number of hydrogen-bond acceptors (Lipinski definition) is 2. The van der Waals surface area contributed by atoms with Gasteiger partial charge in [0.25, 0.3) is 0 Å². The van der Waals surface area contributed by atoms with E-state index in [4.69, 9.17) is 4.74 Å². The van der Waals surface area contributed by atoms with Gasteiger partial charge in [-0.05, 0) is 38.3 Å². The third-order valence-corrected chi connectivity index (χ3v) is 4.43. The summed E-state index contributed by atoms with van der Waals surface area (Å²) in [6, 6.07) is 3.37. The number of ether oxygens (including phenoxy) is 1. The van der Waals surface area contributed by atoms with Crippen molar-refractivity contribution in [1.29, 1.82) is 0 Å². The van der Waals surface area contributed by atoms with Gasteiger partial charge in [0, 0.05) is 49.7 Å². The Morgan fingerprint density at radius 2 is 2.18 bits per heavy atom. The highest BCUT2D eigenvalue weighted by molar-refractivity contribution is 5.23. The normalized spacial score (nSPS) is 27.4. The second-order valence-corrected chi connectivity index (χ2v) is 5.77. The molecule has 94 valence electrons. The predicted octanol–water partition coefficient (Wildman–Crippen LogP) is 2.51. The van der Waals surface area contributed by atoms with Gasteiger partial charge in [0.2, 0.25) is 0 Å². The molecule has 2 aliphatic rings. The fourth-order valence-corrected chi connectivity index (χ4v) is 3.13. The van der Waals surface area contributed by atoms with Crippen LogP contribution >= 0.6 is 0 Å². The summed E-state index contributed by atoms with van der Waals surface area (Å²) in [6.07, 6.45) is 6.92. The molecule has 2 saturated heterocycles. The van der Waals surface area contributed by atoms with Crippen molar-refractivity contribution in [2.24, 2.45) is 5.41 Å². The topological polar surface area (TPSA) is 26.2 Å². The third kappa shape index (κ3) is 1.81. The lowest BCUT2D eigenvalue weighted by atomic mass is 9.66. The Labute approximate surface area is 103 Å². The van der Waals surface area contributed by atoms with Crippen LogP contribution in [0.4, 0.5) is 0 Å². The molecule has 1 N–H and O–H groups in total. The fraction of sp³-hybridized carbons (Fsp3) is 0.714. The SMILES string of the molecule is CC(C)n1ccc([C@H]2NCC23CCOCC3)c1. The van der Waals surface area contributed by atoms with Crippen LogP contribution in [-0.4, -0.2) is 24.3 Å². The van der Waals surface area contributed by atoms with Gasteiger partial charge >= 0.3 is 0 Å². The number of rotatable bonds is 2. The average Bonchev–Trinajstić information content (AvgIpc) is 2.78. The van der Waals surface area contributed by atoms with Crippen LogP contribution in [0, 0.1) is 5.41 Å². The molecule has 0 bridgehead atoms. The van der Waals surface area contributed by atoms with Crippen molar-refractivity contribution in [2.75, 3.05) is 19.8 Å². The molecule has 3 heteroatoms. The summed E-state index contributed by atoms with van der Waals surface area (Å²) >= 11 is 0. The van der Waals surface area contributed by atoms with Crippen molar-refractivity contribution < 1.29 is 4.74 Å². The van der Waals surface area contributed by atoms with E-state index in [9.17, 15) is 0 Å². The largest absolute Gasteiger partial charge is 0.381 e. The Balaban J connectivity index is 1.79. The zero-order chi connectivity index (χ0) is 11.9. The molecule has 3 rings (SSSR count). The average molecular weight is 234 g/mol. The van der Waals surface area contributed by atoms with Gasteiger partial charge in [-0.2, -0.15) is 0 Å². The first-order chi connectivity index (χ1) is 8.21. The molecule has 1 atom stereocenters. The van der Waals surface area contributed by atoms with Crippen molar-refractivity contribution in [3.63, 3.8) is 0 Å². The van der Waals surface area contributed by atoms with Crippen molar-refractivity contribution in [3.8, 4) is 0 Å². The number of aromatic nitrogens is 1. The van der Waals surface area contributed by atoms with Gasteiger partial charge in [0.1, 0.15) is 0 Å². The minimum Gasteiger partial charge on any atom is -0.381 e.